The van der Waals surface area contributed by atoms with E-state index in [-0.39, 0.29) is 16.4 Å². The van der Waals surface area contributed by atoms with E-state index in [0.29, 0.717) is 24.5 Å². The van der Waals surface area contributed by atoms with Crippen LogP contribution in [0.4, 0.5) is 11.4 Å². The Hall–Kier alpha value is -2.71. The Morgan fingerprint density at radius 1 is 0.893 bits per heavy atom. The van der Waals surface area contributed by atoms with Crippen molar-refractivity contribution in [1.29, 1.82) is 0 Å². The molecule has 0 atom stereocenters. The number of nitrogens with one attached hydrogen (secondary N) is 2. The van der Waals surface area contributed by atoms with Crippen molar-refractivity contribution in [2.45, 2.75) is 31.1 Å². The molecule has 1 aliphatic rings. The number of piperidine rings is 1. The Morgan fingerprint density at radius 3 is 2.11 bits per heavy atom. The summed E-state index contributed by atoms with van der Waals surface area (Å²) in [4.78, 5) is 23.7. The van der Waals surface area contributed by atoms with Crippen LogP contribution in [0.25, 0.3) is 0 Å². The third-order valence-corrected chi connectivity index (χ3v) is 6.41. The van der Waals surface area contributed by atoms with Crippen LogP contribution in [0.3, 0.4) is 0 Å². The number of hydrogen-bond donors (Lipinski definition) is 2. The molecule has 0 bridgehead atoms. The van der Waals surface area contributed by atoms with Gasteiger partial charge in [0.15, 0.2) is 0 Å². The predicted molar refractivity (Wildman–Crippen MR) is 108 cm³/mol. The number of benzene rings is 2. The summed E-state index contributed by atoms with van der Waals surface area (Å²) in [6, 6.07) is 12.8. The van der Waals surface area contributed by atoms with E-state index in [4.69, 9.17) is 0 Å². The van der Waals surface area contributed by atoms with Crippen molar-refractivity contribution in [3.8, 4) is 0 Å². The summed E-state index contributed by atoms with van der Waals surface area (Å²) < 4.78 is 27.1. The number of nitrogens with zero attached hydrogens (tertiary/aromatic N) is 1. The lowest BCUT2D eigenvalue weighted by Crippen LogP contribution is -2.35. The summed E-state index contributed by atoms with van der Waals surface area (Å²) in [7, 11) is -3.59. The summed E-state index contributed by atoms with van der Waals surface area (Å²) in [6.45, 7) is 2.44. The zero-order valence-corrected chi connectivity index (χ0v) is 16.5. The van der Waals surface area contributed by atoms with Crippen LogP contribution in [-0.4, -0.2) is 37.6 Å². The Morgan fingerprint density at radius 2 is 1.50 bits per heavy atom. The smallest absolute Gasteiger partial charge is 0.255 e. The maximum absolute atomic E-state index is 12.8. The van der Waals surface area contributed by atoms with Crippen LogP contribution < -0.4 is 10.6 Å². The van der Waals surface area contributed by atoms with Crippen LogP contribution in [0.2, 0.25) is 0 Å². The van der Waals surface area contributed by atoms with Gasteiger partial charge in [0.25, 0.3) is 5.91 Å². The van der Waals surface area contributed by atoms with Crippen LogP contribution in [0.15, 0.2) is 53.4 Å². The monoisotopic (exact) mass is 401 g/mol. The van der Waals surface area contributed by atoms with E-state index in [1.807, 2.05) is 0 Å². The highest BCUT2D eigenvalue weighted by molar-refractivity contribution is 7.89. The van der Waals surface area contributed by atoms with E-state index in [1.165, 1.54) is 23.4 Å². The molecule has 3 rings (SSSR count). The number of carbonyl (C=O) groups excluding carboxylic acids is 2. The maximum Gasteiger partial charge on any atom is 0.255 e. The lowest BCUT2D eigenvalue weighted by Gasteiger charge is -2.26. The highest BCUT2D eigenvalue weighted by atomic mass is 32.2. The van der Waals surface area contributed by atoms with E-state index < -0.39 is 15.9 Å². The second kappa shape index (κ2) is 8.53. The Bertz CT molecular complexity index is 965. The summed E-state index contributed by atoms with van der Waals surface area (Å²) >= 11 is 0. The molecule has 0 saturated carbocycles. The average molecular weight is 401 g/mol. The summed E-state index contributed by atoms with van der Waals surface area (Å²) in [5.41, 5.74) is 1.44. The van der Waals surface area contributed by atoms with Gasteiger partial charge in [-0.25, -0.2) is 8.42 Å². The van der Waals surface area contributed by atoms with Crippen LogP contribution in [0.5, 0.6) is 0 Å². The zero-order valence-electron chi connectivity index (χ0n) is 15.6. The van der Waals surface area contributed by atoms with Gasteiger partial charge in [0.2, 0.25) is 15.9 Å². The highest BCUT2D eigenvalue weighted by Crippen LogP contribution is 2.22. The average Bonchev–Trinajstić information content (AvgIpc) is 2.70. The van der Waals surface area contributed by atoms with Gasteiger partial charge in [-0.2, -0.15) is 4.31 Å². The van der Waals surface area contributed by atoms with Gasteiger partial charge in [-0.3, -0.25) is 9.59 Å². The summed E-state index contributed by atoms with van der Waals surface area (Å²) in [6.07, 6.45) is 2.75. The number of carbonyl (C=O) groups is 2. The molecular formula is C20H23N3O4S. The zero-order chi connectivity index (χ0) is 20.1. The summed E-state index contributed by atoms with van der Waals surface area (Å²) in [5.74, 6) is -0.577. The van der Waals surface area contributed by atoms with Gasteiger partial charge in [0.05, 0.1) is 4.90 Å². The fourth-order valence-corrected chi connectivity index (χ4v) is 4.66. The standard InChI is InChI=1S/C20H23N3O4S/c1-15(24)21-17-8-10-18(11-9-17)22-20(25)16-6-5-7-19(14-16)28(26,27)23-12-3-2-4-13-23/h5-11,14H,2-4,12-13H2,1H3,(H,21,24)(H,22,25). The Kier molecular flexibility index (Phi) is 6.11. The molecule has 8 heteroatoms. The van der Waals surface area contributed by atoms with E-state index >= 15 is 0 Å². The SMILES string of the molecule is CC(=O)Nc1ccc(NC(=O)c2cccc(S(=O)(=O)N3CCCCC3)c2)cc1. The molecule has 1 heterocycles. The number of anilines is 2. The molecular weight excluding hydrogens is 378 g/mol. The molecule has 0 spiro atoms. The molecule has 0 unspecified atom stereocenters. The van der Waals surface area contributed by atoms with Crippen molar-refractivity contribution in [3.63, 3.8) is 0 Å². The molecule has 148 valence electrons. The first-order valence-electron chi connectivity index (χ1n) is 9.15. The normalized spacial score (nSPS) is 15.0. The lowest BCUT2D eigenvalue weighted by molar-refractivity contribution is -0.114. The van der Waals surface area contributed by atoms with Gasteiger partial charge in [0.1, 0.15) is 0 Å². The van der Waals surface area contributed by atoms with Crippen molar-refractivity contribution in [2.24, 2.45) is 0 Å². The largest absolute Gasteiger partial charge is 0.326 e. The van der Waals surface area contributed by atoms with Gasteiger partial charge in [-0.15, -0.1) is 0 Å². The molecule has 7 nitrogen and oxygen atoms in total. The highest BCUT2D eigenvalue weighted by Gasteiger charge is 2.26. The third-order valence-electron chi connectivity index (χ3n) is 4.51. The van der Waals surface area contributed by atoms with Gasteiger partial charge in [0, 0.05) is 37.0 Å². The first-order chi connectivity index (χ1) is 13.4. The Balaban J connectivity index is 1.74. The number of amides is 2. The summed E-state index contributed by atoms with van der Waals surface area (Å²) in [5, 5.41) is 5.39. The van der Waals surface area contributed by atoms with Crippen LogP contribution >= 0.6 is 0 Å². The van der Waals surface area contributed by atoms with Crippen molar-refractivity contribution in [1.82, 2.24) is 4.31 Å². The molecule has 2 N–H and O–H groups in total. The molecule has 1 aliphatic heterocycles. The van der Waals surface area contributed by atoms with Gasteiger partial charge in [-0.05, 0) is 55.3 Å². The fraction of sp³-hybridized carbons (Fsp3) is 0.300. The quantitative estimate of drug-likeness (QED) is 0.805. The van der Waals surface area contributed by atoms with Crippen molar-refractivity contribution >= 4 is 33.2 Å². The molecule has 0 radical (unpaired) electrons. The molecule has 0 aliphatic carbocycles. The van der Waals surface area contributed by atoms with Crippen LogP contribution in [0.1, 0.15) is 36.5 Å². The predicted octanol–water partition coefficient (Wildman–Crippen LogP) is 3.07. The first-order valence-corrected chi connectivity index (χ1v) is 10.6. The van der Waals surface area contributed by atoms with E-state index in [2.05, 4.69) is 10.6 Å². The van der Waals surface area contributed by atoms with Gasteiger partial charge in [-0.1, -0.05) is 12.5 Å². The van der Waals surface area contributed by atoms with Gasteiger partial charge < -0.3 is 10.6 Å². The van der Waals surface area contributed by atoms with Crippen LogP contribution in [-0.2, 0) is 14.8 Å². The van der Waals surface area contributed by atoms with E-state index in [9.17, 15) is 18.0 Å². The van der Waals surface area contributed by atoms with Crippen molar-refractivity contribution in [3.05, 3.63) is 54.1 Å². The second-order valence-electron chi connectivity index (χ2n) is 6.71. The molecule has 1 saturated heterocycles. The van der Waals surface area contributed by atoms with E-state index in [0.717, 1.165) is 19.3 Å². The lowest BCUT2D eigenvalue weighted by atomic mass is 10.2. The molecule has 28 heavy (non-hydrogen) atoms. The second-order valence-corrected chi connectivity index (χ2v) is 8.64. The topological polar surface area (TPSA) is 95.6 Å². The number of hydrogen-bond acceptors (Lipinski definition) is 4. The number of sulfonamides is 1. The molecule has 1 fully saturated rings. The minimum atomic E-state index is -3.59. The molecule has 2 aromatic carbocycles. The number of rotatable bonds is 5. The maximum atomic E-state index is 12.8. The fourth-order valence-electron chi connectivity index (χ4n) is 3.10. The Labute approximate surface area is 164 Å². The molecule has 2 amide bonds. The minimum absolute atomic E-state index is 0.128. The van der Waals surface area contributed by atoms with Crippen molar-refractivity contribution in [2.75, 3.05) is 23.7 Å². The minimum Gasteiger partial charge on any atom is -0.326 e. The first kappa shape index (κ1) is 20.0. The molecule has 0 aromatic heterocycles. The van der Waals surface area contributed by atoms with E-state index in [1.54, 1.807) is 36.4 Å². The van der Waals surface area contributed by atoms with Crippen molar-refractivity contribution < 1.29 is 18.0 Å². The van der Waals surface area contributed by atoms with Gasteiger partial charge >= 0.3 is 0 Å². The molecule has 2 aromatic rings. The van der Waals surface area contributed by atoms with Crippen LogP contribution in [0, 0.1) is 0 Å². The third kappa shape index (κ3) is 4.76.